The normalized spacial score (nSPS) is 15.0. The number of hydrogen-bond acceptors (Lipinski definition) is 3. The average Bonchev–Trinajstić information content (AvgIpc) is 2.50. The first kappa shape index (κ1) is 18.8. The van der Waals surface area contributed by atoms with E-state index in [1.54, 1.807) is 7.11 Å². The molecule has 1 aromatic rings. The maximum absolute atomic E-state index is 12.1. The Labute approximate surface area is 139 Å². The highest BCUT2D eigenvalue weighted by Gasteiger charge is 2.15. The van der Waals surface area contributed by atoms with Gasteiger partial charge in [-0.25, -0.2) is 0 Å². The molecule has 1 amide bonds. The number of nitrogens with one attached hydrogen (secondary N) is 2. The highest BCUT2D eigenvalue weighted by atomic mass is 35.5. The number of piperidine rings is 1. The van der Waals surface area contributed by atoms with Crippen LogP contribution in [0.2, 0.25) is 0 Å². The molecular weight excluding hydrogens is 300 g/mol. The van der Waals surface area contributed by atoms with Crippen molar-refractivity contribution in [3.63, 3.8) is 0 Å². The molecule has 0 spiro atoms. The molecule has 22 heavy (non-hydrogen) atoms. The molecule has 0 aromatic heterocycles. The molecule has 0 radical (unpaired) electrons. The van der Waals surface area contributed by atoms with Gasteiger partial charge in [0.1, 0.15) is 5.75 Å². The van der Waals surface area contributed by atoms with E-state index >= 15 is 0 Å². The van der Waals surface area contributed by atoms with Crippen LogP contribution in [0, 0.1) is 19.8 Å². The summed E-state index contributed by atoms with van der Waals surface area (Å²) in [6, 6.07) is 3.93. The number of rotatable bonds is 5. The van der Waals surface area contributed by atoms with Crippen LogP contribution in [-0.4, -0.2) is 26.1 Å². The number of ether oxygens (including phenoxy) is 1. The van der Waals surface area contributed by atoms with Gasteiger partial charge in [0.25, 0.3) is 0 Å². The van der Waals surface area contributed by atoms with E-state index in [0.29, 0.717) is 12.3 Å². The van der Waals surface area contributed by atoms with Crippen LogP contribution in [0.5, 0.6) is 5.75 Å². The predicted molar refractivity (Wildman–Crippen MR) is 93.2 cm³/mol. The second-order valence-electron chi connectivity index (χ2n) is 5.87. The monoisotopic (exact) mass is 326 g/mol. The lowest BCUT2D eigenvalue weighted by Gasteiger charge is -2.22. The standard InChI is InChI=1S/C17H26N2O2.ClH/c1-12-4-6-15(13(2)17(12)21-3)19-16(20)7-5-14-8-10-18-11-9-14;/h4,6,14,18H,5,7-11H2,1-3H3,(H,19,20);1H. The highest BCUT2D eigenvalue weighted by Crippen LogP contribution is 2.29. The Morgan fingerprint density at radius 2 is 2.00 bits per heavy atom. The number of aryl methyl sites for hydroxylation is 1. The first-order valence-corrected chi connectivity index (χ1v) is 7.76. The number of anilines is 1. The molecule has 124 valence electrons. The number of carbonyl (C=O) groups excluding carboxylic acids is 1. The zero-order chi connectivity index (χ0) is 15.2. The largest absolute Gasteiger partial charge is 0.496 e. The van der Waals surface area contributed by atoms with Gasteiger partial charge in [0, 0.05) is 17.7 Å². The molecule has 4 nitrogen and oxygen atoms in total. The van der Waals surface area contributed by atoms with Crippen LogP contribution in [0.25, 0.3) is 0 Å². The van der Waals surface area contributed by atoms with Gasteiger partial charge < -0.3 is 15.4 Å². The summed E-state index contributed by atoms with van der Waals surface area (Å²) < 4.78 is 5.39. The second kappa shape index (κ2) is 9.01. The zero-order valence-electron chi connectivity index (χ0n) is 13.7. The van der Waals surface area contributed by atoms with Crippen LogP contribution >= 0.6 is 12.4 Å². The van der Waals surface area contributed by atoms with Gasteiger partial charge in [-0.05, 0) is 63.7 Å². The summed E-state index contributed by atoms with van der Waals surface area (Å²) in [4.78, 5) is 12.1. The molecule has 2 rings (SSSR count). The summed E-state index contributed by atoms with van der Waals surface area (Å²) in [5.41, 5.74) is 2.93. The summed E-state index contributed by atoms with van der Waals surface area (Å²) in [5.74, 6) is 1.64. The van der Waals surface area contributed by atoms with Crippen LogP contribution < -0.4 is 15.4 Å². The van der Waals surface area contributed by atoms with Crippen molar-refractivity contribution in [2.75, 3.05) is 25.5 Å². The molecule has 2 N–H and O–H groups in total. The number of hydrogen-bond donors (Lipinski definition) is 2. The molecule has 0 saturated carbocycles. The van der Waals surface area contributed by atoms with Crippen LogP contribution in [0.15, 0.2) is 12.1 Å². The van der Waals surface area contributed by atoms with Crippen molar-refractivity contribution in [2.45, 2.75) is 39.5 Å². The molecule has 1 aromatic carbocycles. The van der Waals surface area contributed by atoms with Crippen LogP contribution in [0.4, 0.5) is 5.69 Å². The predicted octanol–water partition coefficient (Wildman–Crippen LogP) is 3.45. The van der Waals surface area contributed by atoms with Crippen molar-refractivity contribution in [2.24, 2.45) is 5.92 Å². The van der Waals surface area contributed by atoms with Gasteiger partial charge in [-0.2, -0.15) is 0 Å². The van der Waals surface area contributed by atoms with E-state index in [1.165, 1.54) is 12.8 Å². The fourth-order valence-electron chi connectivity index (χ4n) is 2.99. The highest BCUT2D eigenvalue weighted by molar-refractivity contribution is 5.92. The zero-order valence-corrected chi connectivity index (χ0v) is 14.5. The number of carbonyl (C=O) groups is 1. The van der Waals surface area contributed by atoms with Crippen molar-refractivity contribution < 1.29 is 9.53 Å². The summed E-state index contributed by atoms with van der Waals surface area (Å²) >= 11 is 0. The topological polar surface area (TPSA) is 50.4 Å². The number of benzene rings is 1. The Morgan fingerprint density at radius 3 is 2.64 bits per heavy atom. The molecule has 1 aliphatic heterocycles. The maximum atomic E-state index is 12.1. The van der Waals surface area contributed by atoms with E-state index in [1.807, 2.05) is 26.0 Å². The van der Waals surface area contributed by atoms with Crippen LogP contribution in [0.3, 0.4) is 0 Å². The molecule has 1 aliphatic rings. The molecular formula is C17H27ClN2O2. The smallest absolute Gasteiger partial charge is 0.224 e. The second-order valence-corrected chi connectivity index (χ2v) is 5.87. The van der Waals surface area contributed by atoms with E-state index in [2.05, 4.69) is 10.6 Å². The van der Waals surface area contributed by atoms with Crippen LogP contribution in [0.1, 0.15) is 36.8 Å². The molecule has 0 bridgehead atoms. The third kappa shape index (κ3) is 4.89. The first-order valence-electron chi connectivity index (χ1n) is 7.76. The third-order valence-corrected chi connectivity index (χ3v) is 4.32. The maximum Gasteiger partial charge on any atom is 0.224 e. The SMILES string of the molecule is COc1c(C)ccc(NC(=O)CCC2CCNCC2)c1C.Cl. The lowest BCUT2D eigenvalue weighted by atomic mass is 9.93. The van der Waals surface area contributed by atoms with Crippen molar-refractivity contribution in [1.82, 2.24) is 5.32 Å². The lowest BCUT2D eigenvalue weighted by Crippen LogP contribution is -2.28. The van der Waals surface area contributed by atoms with Gasteiger partial charge in [-0.1, -0.05) is 6.07 Å². The molecule has 0 unspecified atom stereocenters. The summed E-state index contributed by atoms with van der Waals surface area (Å²) in [7, 11) is 1.66. The van der Waals surface area contributed by atoms with Gasteiger partial charge in [-0.3, -0.25) is 4.79 Å². The minimum Gasteiger partial charge on any atom is -0.496 e. The van der Waals surface area contributed by atoms with E-state index < -0.39 is 0 Å². The van der Waals surface area contributed by atoms with Gasteiger partial charge >= 0.3 is 0 Å². The van der Waals surface area contributed by atoms with Crippen molar-refractivity contribution in [1.29, 1.82) is 0 Å². The van der Waals surface area contributed by atoms with E-state index in [-0.39, 0.29) is 18.3 Å². The van der Waals surface area contributed by atoms with E-state index in [0.717, 1.165) is 42.1 Å². The molecule has 1 heterocycles. The molecule has 0 atom stereocenters. The Kier molecular flexibility index (Phi) is 7.69. The Morgan fingerprint density at radius 1 is 1.32 bits per heavy atom. The third-order valence-electron chi connectivity index (χ3n) is 4.32. The first-order chi connectivity index (χ1) is 10.1. The van der Waals surface area contributed by atoms with Gasteiger partial charge in [0.15, 0.2) is 0 Å². The minimum atomic E-state index is 0. The fraction of sp³-hybridized carbons (Fsp3) is 0.588. The fourth-order valence-corrected chi connectivity index (χ4v) is 2.99. The van der Waals surface area contributed by atoms with Crippen molar-refractivity contribution in [3.05, 3.63) is 23.3 Å². The number of halogens is 1. The summed E-state index contributed by atoms with van der Waals surface area (Å²) in [6.45, 7) is 6.16. The summed E-state index contributed by atoms with van der Waals surface area (Å²) in [6.07, 6.45) is 3.95. The molecule has 5 heteroatoms. The number of amides is 1. The number of methoxy groups -OCH3 is 1. The van der Waals surface area contributed by atoms with E-state index in [4.69, 9.17) is 4.74 Å². The Bertz CT molecular complexity index is 500. The van der Waals surface area contributed by atoms with Gasteiger partial charge in [0.2, 0.25) is 5.91 Å². The van der Waals surface area contributed by atoms with E-state index in [9.17, 15) is 4.79 Å². The lowest BCUT2D eigenvalue weighted by molar-refractivity contribution is -0.116. The van der Waals surface area contributed by atoms with Gasteiger partial charge in [-0.15, -0.1) is 12.4 Å². The molecule has 1 saturated heterocycles. The summed E-state index contributed by atoms with van der Waals surface area (Å²) in [5, 5.41) is 6.37. The molecule has 0 aliphatic carbocycles. The Balaban J connectivity index is 0.00000242. The van der Waals surface area contributed by atoms with Crippen molar-refractivity contribution >= 4 is 24.0 Å². The van der Waals surface area contributed by atoms with Crippen molar-refractivity contribution in [3.8, 4) is 5.75 Å². The van der Waals surface area contributed by atoms with Gasteiger partial charge in [0.05, 0.1) is 7.11 Å². The Hall–Kier alpha value is -1.26. The quantitative estimate of drug-likeness (QED) is 0.871. The average molecular weight is 327 g/mol. The minimum absolute atomic E-state index is 0. The van der Waals surface area contributed by atoms with Crippen LogP contribution in [-0.2, 0) is 4.79 Å². The molecule has 1 fully saturated rings.